The van der Waals surface area contributed by atoms with Gasteiger partial charge in [0.2, 0.25) is 0 Å². The van der Waals surface area contributed by atoms with E-state index in [2.05, 4.69) is 33.0 Å². The second-order valence-corrected chi connectivity index (χ2v) is 8.56. The minimum Gasteiger partial charge on any atom is -0.314 e. The van der Waals surface area contributed by atoms with E-state index in [1.165, 1.54) is 64.3 Å². The molecule has 1 unspecified atom stereocenters. The molecule has 0 bridgehead atoms. The molecule has 0 radical (unpaired) electrons. The Balaban J connectivity index is 1.79. The quantitative estimate of drug-likeness (QED) is 0.658. The van der Waals surface area contributed by atoms with Crippen LogP contribution in [0.2, 0.25) is 0 Å². The summed E-state index contributed by atoms with van der Waals surface area (Å²) in [5, 5.41) is 3.88. The Morgan fingerprint density at radius 2 is 1.65 bits per heavy atom. The van der Waals surface area contributed by atoms with Gasteiger partial charge in [-0.25, -0.2) is 0 Å². The van der Waals surface area contributed by atoms with Gasteiger partial charge in [-0.2, -0.15) is 0 Å². The first kappa shape index (κ1) is 16.3. The van der Waals surface area contributed by atoms with E-state index in [-0.39, 0.29) is 0 Å². The second kappa shape index (κ2) is 7.29. The van der Waals surface area contributed by atoms with Gasteiger partial charge in [0.15, 0.2) is 0 Å². The molecule has 1 atom stereocenters. The largest absolute Gasteiger partial charge is 0.314 e. The molecule has 2 aliphatic carbocycles. The predicted molar refractivity (Wildman–Crippen MR) is 88.9 cm³/mol. The summed E-state index contributed by atoms with van der Waals surface area (Å²) in [7, 11) is 0. The summed E-state index contributed by atoms with van der Waals surface area (Å²) in [5.41, 5.74) is 0.519. The van der Waals surface area contributed by atoms with Gasteiger partial charge < -0.3 is 5.32 Å². The summed E-state index contributed by atoms with van der Waals surface area (Å²) in [4.78, 5) is 0. The Labute approximate surface area is 127 Å². The zero-order valence-corrected chi connectivity index (χ0v) is 14.4. The molecule has 0 aliphatic heterocycles. The Morgan fingerprint density at radius 1 is 1.00 bits per heavy atom. The van der Waals surface area contributed by atoms with E-state index in [1.54, 1.807) is 0 Å². The van der Waals surface area contributed by atoms with Crippen LogP contribution in [-0.2, 0) is 0 Å². The lowest BCUT2D eigenvalue weighted by molar-refractivity contribution is 0.129. The Hall–Kier alpha value is -0.0400. The van der Waals surface area contributed by atoms with Gasteiger partial charge >= 0.3 is 0 Å². The Kier molecular flexibility index (Phi) is 5.95. The van der Waals surface area contributed by atoms with Gasteiger partial charge in [0.05, 0.1) is 0 Å². The summed E-state index contributed by atoms with van der Waals surface area (Å²) >= 11 is 0. The predicted octanol–water partition coefficient (Wildman–Crippen LogP) is 5.40. The topological polar surface area (TPSA) is 12.0 Å². The van der Waals surface area contributed by atoms with Crippen molar-refractivity contribution in [3.05, 3.63) is 0 Å². The van der Waals surface area contributed by atoms with Crippen molar-refractivity contribution in [3.63, 3.8) is 0 Å². The van der Waals surface area contributed by atoms with E-state index in [9.17, 15) is 0 Å². The van der Waals surface area contributed by atoms with E-state index >= 15 is 0 Å². The molecule has 0 spiro atoms. The highest BCUT2D eigenvalue weighted by Crippen LogP contribution is 2.42. The molecule has 118 valence electrons. The lowest BCUT2D eigenvalue weighted by Gasteiger charge is -2.40. The Morgan fingerprint density at radius 3 is 2.15 bits per heavy atom. The monoisotopic (exact) mass is 279 g/mol. The molecular weight excluding hydrogens is 242 g/mol. The molecule has 0 aromatic rings. The third-order valence-electron chi connectivity index (χ3n) is 5.80. The van der Waals surface area contributed by atoms with Gasteiger partial charge in [-0.05, 0) is 74.7 Å². The van der Waals surface area contributed by atoms with E-state index in [0.29, 0.717) is 5.41 Å². The summed E-state index contributed by atoms with van der Waals surface area (Å²) < 4.78 is 0. The molecule has 2 aliphatic rings. The molecule has 0 aromatic carbocycles. The number of hydrogen-bond acceptors (Lipinski definition) is 1. The lowest BCUT2D eigenvalue weighted by Crippen LogP contribution is -2.39. The van der Waals surface area contributed by atoms with Crippen molar-refractivity contribution in [1.82, 2.24) is 5.32 Å². The van der Waals surface area contributed by atoms with Crippen LogP contribution in [0.3, 0.4) is 0 Å². The first-order chi connectivity index (χ1) is 9.50. The number of nitrogens with one attached hydrogen (secondary N) is 1. The summed E-state index contributed by atoms with van der Waals surface area (Å²) in [6, 6.07) is 0.816. The van der Waals surface area contributed by atoms with Crippen LogP contribution in [-0.4, -0.2) is 12.6 Å². The van der Waals surface area contributed by atoms with Crippen molar-refractivity contribution in [2.45, 2.75) is 91.5 Å². The van der Waals surface area contributed by atoms with Crippen molar-refractivity contribution in [1.29, 1.82) is 0 Å². The van der Waals surface area contributed by atoms with Crippen molar-refractivity contribution >= 4 is 0 Å². The standard InChI is InChI=1S/C19H37N/c1-5-14-20-18(13-8-15-6-7-15)16-9-11-17(12-10-16)19(2,3)4/h15-18,20H,5-14H2,1-4H3. The zero-order chi connectivity index (χ0) is 14.6. The molecule has 0 amide bonds. The van der Waals surface area contributed by atoms with Crippen LogP contribution in [0.5, 0.6) is 0 Å². The SMILES string of the molecule is CCCNC(CCC1CC1)C1CCC(C(C)(C)C)CC1. The van der Waals surface area contributed by atoms with Crippen LogP contribution in [0.15, 0.2) is 0 Å². The minimum absolute atomic E-state index is 0.519. The van der Waals surface area contributed by atoms with Crippen molar-refractivity contribution in [3.8, 4) is 0 Å². The van der Waals surface area contributed by atoms with Crippen LogP contribution < -0.4 is 5.32 Å². The smallest absolute Gasteiger partial charge is 0.00954 e. The zero-order valence-electron chi connectivity index (χ0n) is 14.4. The fourth-order valence-electron chi connectivity index (χ4n) is 4.04. The maximum Gasteiger partial charge on any atom is 0.00954 e. The van der Waals surface area contributed by atoms with Crippen LogP contribution in [0.1, 0.15) is 85.5 Å². The first-order valence-corrected chi connectivity index (χ1v) is 9.24. The fourth-order valence-corrected chi connectivity index (χ4v) is 4.04. The van der Waals surface area contributed by atoms with E-state index in [1.807, 2.05) is 0 Å². The third kappa shape index (κ3) is 5.06. The van der Waals surface area contributed by atoms with Crippen LogP contribution in [0.25, 0.3) is 0 Å². The van der Waals surface area contributed by atoms with Gasteiger partial charge in [0.25, 0.3) is 0 Å². The minimum atomic E-state index is 0.519. The van der Waals surface area contributed by atoms with Crippen LogP contribution >= 0.6 is 0 Å². The molecule has 20 heavy (non-hydrogen) atoms. The van der Waals surface area contributed by atoms with E-state index < -0.39 is 0 Å². The van der Waals surface area contributed by atoms with Crippen molar-refractivity contribution < 1.29 is 0 Å². The van der Waals surface area contributed by atoms with Crippen LogP contribution in [0, 0.1) is 23.2 Å². The molecule has 1 nitrogen and oxygen atoms in total. The maximum atomic E-state index is 3.88. The first-order valence-electron chi connectivity index (χ1n) is 9.24. The summed E-state index contributed by atoms with van der Waals surface area (Å²) in [6.07, 6.45) is 13.1. The van der Waals surface area contributed by atoms with E-state index in [0.717, 1.165) is 23.8 Å². The average molecular weight is 280 g/mol. The average Bonchev–Trinajstić information content (AvgIpc) is 3.22. The molecule has 2 saturated carbocycles. The molecule has 0 heterocycles. The van der Waals surface area contributed by atoms with Crippen LogP contribution in [0.4, 0.5) is 0 Å². The molecule has 1 N–H and O–H groups in total. The van der Waals surface area contributed by atoms with Gasteiger partial charge in [-0.1, -0.05) is 40.5 Å². The summed E-state index contributed by atoms with van der Waals surface area (Å²) in [5.74, 6) is 3.00. The highest BCUT2D eigenvalue weighted by Gasteiger charge is 2.33. The van der Waals surface area contributed by atoms with Gasteiger partial charge in [0, 0.05) is 6.04 Å². The molecule has 2 fully saturated rings. The highest BCUT2D eigenvalue weighted by atomic mass is 14.9. The number of rotatable bonds is 7. The van der Waals surface area contributed by atoms with Gasteiger partial charge in [0.1, 0.15) is 0 Å². The van der Waals surface area contributed by atoms with Gasteiger partial charge in [-0.3, -0.25) is 0 Å². The summed E-state index contributed by atoms with van der Waals surface area (Å²) in [6.45, 7) is 10.8. The van der Waals surface area contributed by atoms with E-state index in [4.69, 9.17) is 0 Å². The Bertz CT molecular complexity index is 266. The molecular formula is C19H37N. The van der Waals surface area contributed by atoms with Crippen molar-refractivity contribution in [2.24, 2.45) is 23.2 Å². The highest BCUT2D eigenvalue weighted by molar-refractivity contribution is 4.87. The third-order valence-corrected chi connectivity index (χ3v) is 5.80. The number of hydrogen-bond donors (Lipinski definition) is 1. The molecule has 0 aromatic heterocycles. The van der Waals surface area contributed by atoms with Gasteiger partial charge in [-0.15, -0.1) is 0 Å². The molecule has 1 heteroatoms. The fraction of sp³-hybridized carbons (Fsp3) is 1.00. The maximum absolute atomic E-state index is 3.88. The molecule has 2 rings (SSSR count). The second-order valence-electron chi connectivity index (χ2n) is 8.56. The normalized spacial score (nSPS) is 29.4. The molecule has 0 saturated heterocycles. The van der Waals surface area contributed by atoms with Crippen molar-refractivity contribution in [2.75, 3.05) is 6.54 Å². The lowest BCUT2D eigenvalue weighted by atomic mass is 9.68.